The zero-order valence-corrected chi connectivity index (χ0v) is 15.4. The lowest BCUT2D eigenvalue weighted by molar-refractivity contribution is -0.116. The summed E-state index contributed by atoms with van der Waals surface area (Å²) in [6.45, 7) is 2.47. The van der Waals surface area contributed by atoms with Gasteiger partial charge in [-0.15, -0.1) is 5.10 Å². The van der Waals surface area contributed by atoms with Gasteiger partial charge >= 0.3 is 0 Å². The number of amidine groups is 1. The van der Waals surface area contributed by atoms with Gasteiger partial charge in [-0.1, -0.05) is 42.1 Å². The smallest absolute Gasteiger partial charge is 0.236 e. The van der Waals surface area contributed by atoms with E-state index in [9.17, 15) is 4.79 Å². The summed E-state index contributed by atoms with van der Waals surface area (Å²) in [7, 11) is 1.60. The molecule has 0 radical (unpaired) electrons. The Bertz CT molecular complexity index is 865. The number of para-hydroxylation sites is 1. The van der Waals surface area contributed by atoms with Crippen LogP contribution in [0, 0.1) is 6.92 Å². The van der Waals surface area contributed by atoms with Crippen LogP contribution in [0.4, 0.5) is 0 Å². The second-order valence-corrected chi connectivity index (χ2v) is 6.54. The molecule has 0 spiro atoms. The third-order valence-electron chi connectivity index (χ3n) is 3.79. The highest BCUT2D eigenvalue weighted by Crippen LogP contribution is 2.31. The molecule has 26 heavy (non-hydrogen) atoms. The Morgan fingerprint density at radius 1 is 1.23 bits per heavy atom. The van der Waals surface area contributed by atoms with Crippen molar-refractivity contribution >= 4 is 29.1 Å². The Kier molecular flexibility index (Phi) is 5.91. The maximum absolute atomic E-state index is 11.2. The minimum atomic E-state index is -0.0624. The number of hydrogen-bond donors (Lipinski definition) is 1. The molecule has 0 bridgehead atoms. The molecule has 134 valence electrons. The molecular formula is C19H19N3O3S. The Labute approximate surface area is 156 Å². The Hall–Kier alpha value is -2.80. The average molecular weight is 369 g/mol. The monoisotopic (exact) mass is 369 g/mol. The number of ether oxygens (including phenoxy) is 2. The number of aryl methyl sites for hydroxylation is 1. The Morgan fingerprint density at radius 2 is 2.08 bits per heavy atom. The number of thioether (sulfide) groups is 1. The summed E-state index contributed by atoms with van der Waals surface area (Å²) in [5, 5.41) is 11.2. The molecule has 1 heterocycles. The van der Waals surface area contributed by atoms with Crippen molar-refractivity contribution in [1.29, 1.82) is 0 Å². The summed E-state index contributed by atoms with van der Waals surface area (Å²) < 4.78 is 11.4. The molecule has 0 saturated carbocycles. The van der Waals surface area contributed by atoms with Crippen molar-refractivity contribution in [2.45, 2.75) is 13.5 Å². The SMILES string of the molecule is COc1cccc(C=NN=C2NC(=O)CS2)c1OCc1ccccc1C. The quantitative estimate of drug-likeness (QED) is 0.627. The summed E-state index contributed by atoms with van der Waals surface area (Å²) in [5.41, 5.74) is 3.02. The molecule has 6 nitrogen and oxygen atoms in total. The van der Waals surface area contributed by atoms with Crippen LogP contribution in [0.5, 0.6) is 11.5 Å². The van der Waals surface area contributed by atoms with Gasteiger partial charge in [-0.2, -0.15) is 5.10 Å². The molecule has 7 heteroatoms. The predicted octanol–water partition coefficient (Wildman–Crippen LogP) is 3.14. The van der Waals surface area contributed by atoms with Gasteiger partial charge in [0, 0.05) is 5.56 Å². The van der Waals surface area contributed by atoms with E-state index in [1.165, 1.54) is 11.8 Å². The molecule has 2 aromatic rings. The van der Waals surface area contributed by atoms with Gasteiger partial charge in [-0.25, -0.2) is 0 Å². The van der Waals surface area contributed by atoms with Crippen LogP contribution in [0.2, 0.25) is 0 Å². The van der Waals surface area contributed by atoms with Crippen LogP contribution < -0.4 is 14.8 Å². The number of nitrogens with zero attached hydrogens (tertiary/aromatic N) is 2. The molecule has 0 aromatic heterocycles. The number of amides is 1. The van der Waals surface area contributed by atoms with E-state index in [2.05, 4.69) is 15.5 Å². The van der Waals surface area contributed by atoms with E-state index in [1.54, 1.807) is 13.3 Å². The van der Waals surface area contributed by atoms with Crippen LogP contribution >= 0.6 is 11.8 Å². The average Bonchev–Trinajstić information content (AvgIpc) is 3.06. The molecule has 1 N–H and O–H groups in total. The number of rotatable bonds is 6. The van der Waals surface area contributed by atoms with E-state index >= 15 is 0 Å². The summed E-state index contributed by atoms with van der Waals surface area (Å²) in [4.78, 5) is 11.2. The molecule has 2 aromatic carbocycles. The first-order chi connectivity index (χ1) is 12.7. The molecule has 0 aliphatic carbocycles. The summed E-state index contributed by atoms with van der Waals surface area (Å²) >= 11 is 1.33. The number of hydrogen-bond acceptors (Lipinski definition) is 6. The number of carbonyl (C=O) groups is 1. The van der Waals surface area contributed by atoms with Crippen molar-refractivity contribution in [2.75, 3.05) is 12.9 Å². The standard InChI is InChI=1S/C19H19N3O3S/c1-13-6-3-4-7-15(13)11-25-18-14(8-5-9-16(18)24-2)10-20-22-19-21-17(23)12-26-19/h3-10H,11-12H2,1-2H3,(H,21,22,23). The van der Waals surface area contributed by atoms with Crippen molar-refractivity contribution in [1.82, 2.24) is 5.32 Å². The first kappa shape index (κ1) is 18.0. The largest absolute Gasteiger partial charge is 0.493 e. The summed E-state index contributed by atoms with van der Waals surface area (Å²) in [6, 6.07) is 13.6. The second-order valence-electron chi connectivity index (χ2n) is 5.58. The predicted molar refractivity (Wildman–Crippen MR) is 104 cm³/mol. The van der Waals surface area contributed by atoms with Gasteiger partial charge in [-0.3, -0.25) is 4.79 Å². The van der Waals surface area contributed by atoms with Crippen LogP contribution in [-0.2, 0) is 11.4 Å². The first-order valence-corrected chi connectivity index (χ1v) is 9.04. The lowest BCUT2D eigenvalue weighted by Crippen LogP contribution is -2.19. The van der Waals surface area contributed by atoms with Crippen LogP contribution in [-0.4, -0.2) is 30.2 Å². The van der Waals surface area contributed by atoms with Crippen molar-refractivity contribution in [3.8, 4) is 11.5 Å². The molecule has 1 fully saturated rings. The number of benzene rings is 2. The Balaban J connectivity index is 1.79. The van der Waals surface area contributed by atoms with E-state index in [0.717, 1.165) is 16.7 Å². The van der Waals surface area contributed by atoms with E-state index in [1.807, 2.05) is 49.4 Å². The van der Waals surface area contributed by atoms with Gasteiger partial charge in [0.2, 0.25) is 5.91 Å². The van der Waals surface area contributed by atoms with Gasteiger partial charge < -0.3 is 14.8 Å². The first-order valence-electron chi connectivity index (χ1n) is 8.05. The molecule has 3 rings (SSSR count). The van der Waals surface area contributed by atoms with Crippen LogP contribution in [0.25, 0.3) is 0 Å². The van der Waals surface area contributed by atoms with Crippen LogP contribution in [0.1, 0.15) is 16.7 Å². The molecule has 1 aliphatic rings. The molecule has 1 amide bonds. The normalized spacial score (nSPS) is 15.5. The van der Waals surface area contributed by atoms with Gasteiger partial charge in [0.1, 0.15) is 6.61 Å². The zero-order valence-electron chi connectivity index (χ0n) is 14.6. The highest BCUT2D eigenvalue weighted by molar-refractivity contribution is 8.15. The van der Waals surface area contributed by atoms with Crippen molar-refractivity contribution in [3.63, 3.8) is 0 Å². The van der Waals surface area contributed by atoms with E-state index < -0.39 is 0 Å². The topological polar surface area (TPSA) is 72.3 Å². The molecular weight excluding hydrogens is 350 g/mol. The summed E-state index contributed by atoms with van der Waals surface area (Å²) in [5.74, 6) is 1.54. The van der Waals surface area contributed by atoms with E-state index in [0.29, 0.717) is 29.0 Å². The second kappa shape index (κ2) is 8.53. The maximum Gasteiger partial charge on any atom is 0.236 e. The molecule has 1 saturated heterocycles. The van der Waals surface area contributed by atoms with Gasteiger partial charge in [0.15, 0.2) is 16.7 Å². The maximum atomic E-state index is 11.2. The molecule has 0 atom stereocenters. The molecule has 0 unspecified atom stereocenters. The van der Waals surface area contributed by atoms with E-state index in [4.69, 9.17) is 9.47 Å². The molecule has 1 aliphatic heterocycles. The van der Waals surface area contributed by atoms with Gasteiger partial charge in [0.25, 0.3) is 0 Å². The zero-order chi connectivity index (χ0) is 18.4. The van der Waals surface area contributed by atoms with E-state index in [-0.39, 0.29) is 5.91 Å². The highest BCUT2D eigenvalue weighted by atomic mass is 32.2. The third kappa shape index (κ3) is 4.43. The van der Waals surface area contributed by atoms with Crippen LogP contribution in [0.15, 0.2) is 52.7 Å². The summed E-state index contributed by atoms with van der Waals surface area (Å²) in [6.07, 6.45) is 1.59. The van der Waals surface area contributed by atoms with Gasteiger partial charge in [-0.05, 0) is 30.2 Å². The minimum absolute atomic E-state index is 0.0624. The van der Waals surface area contributed by atoms with Crippen molar-refractivity contribution in [3.05, 3.63) is 59.2 Å². The number of nitrogens with one attached hydrogen (secondary N) is 1. The number of methoxy groups -OCH3 is 1. The Morgan fingerprint density at radius 3 is 2.81 bits per heavy atom. The fourth-order valence-corrected chi connectivity index (χ4v) is 3.03. The number of carbonyl (C=O) groups excluding carboxylic acids is 1. The fourth-order valence-electron chi connectivity index (χ4n) is 2.39. The highest BCUT2D eigenvalue weighted by Gasteiger charge is 2.16. The minimum Gasteiger partial charge on any atom is -0.493 e. The lowest BCUT2D eigenvalue weighted by atomic mass is 10.1. The van der Waals surface area contributed by atoms with Crippen molar-refractivity contribution < 1.29 is 14.3 Å². The van der Waals surface area contributed by atoms with Crippen molar-refractivity contribution in [2.24, 2.45) is 10.2 Å². The fraction of sp³-hybridized carbons (Fsp3) is 0.211. The van der Waals surface area contributed by atoms with Crippen LogP contribution in [0.3, 0.4) is 0 Å². The third-order valence-corrected chi connectivity index (χ3v) is 4.66. The van der Waals surface area contributed by atoms with Gasteiger partial charge in [0.05, 0.1) is 19.1 Å². The lowest BCUT2D eigenvalue weighted by Gasteiger charge is -2.14.